The zero-order chi connectivity index (χ0) is 19.3. The molecule has 0 N–H and O–H groups in total. The van der Waals surface area contributed by atoms with Gasteiger partial charge in [-0.25, -0.2) is 14.5 Å². The molecule has 1 saturated heterocycles. The summed E-state index contributed by atoms with van der Waals surface area (Å²) < 4.78 is 2.83. The van der Waals surface area contributed by atoms with Crippen LogP contribution in [0.3, 0.4) is 0 Å². The van der Waals surface area contributed by atoms with Gasteiger partial charge < -0.3 is 4.90 Å². The summed E-state index contributed by atoms with van der Waals surface area (Å²) in [4.78, 5) is 28.5. The number of rotatable bonds is 2. The molecule has 4 heterocycles. The van der Waals surface area contributed by atoms with Crippen LogP contribution in [0.15, 0.2) is 30.3 Å². The van der Waals surface area contributed by atoms with E-state index in [2.05, 4.69) is 21.1 Å². The Labute approximate surface area is 166 Å². The Morgan fingerprint density at radius 3 is 2.89 bits per heavy atom. The van der Waals surface area contributed by atoms with E-state index in [0.29, 0.717) is 12.3 Å². The molecular weight excluding hydrogens is 372 g/mol. The van der Waals surface area contributed by atoms with Gasteiger partial charge in [0.15, 0.2) is 0 Å². The maximum atomic E-state index is 13.1. The van der Waals surface area contributed by atoms with Crippen LogP contribution >= 0.6 is 11.3 Å². The first kappa shape index (κ1) is 17.2. The number of likely N-dealkylation sites (tertiary alicyclic amines) is 1. The third-order valence-corrected chi connectivity index (χ3v) is 6.38. The third kappa shape index (κ3) is 2.93. The number of hydrogen-bond acceptors (Lipinski definition) is 6. The molecule has 4 aromatic rings. The van der Waals surface area contributed by atoms with E-state index in [4.69, 9.17) is 4.98 Å². The topological polar surface area (TPSA) is 76.3 Å². The Morgan fingerprint density at radius 2 is 2.04 bits per heavy atom. The quantitative estimate of drug-likeness (QED) is 0.523. The first-order valence-electron chi connectivity index (χ1n) is 9.44. The number of para-hydroxylation sites is 1. The second kappa shape index (κ2) is 6.63. The highest BCUT2D eigenvalue weighted by Gasteiger charge is 2.29. The standard InChI is InChI=1S/C20H20N6OS/c1-12-10-13(2)26-20(21-12)23-17(24-26)19(27)25-9-5-6-14(11-25)18-22-15-7-3-4-8-16(15)28-18/h3-4,7-8,10,14H,5-6,9,11H2,1-2H3/t14-/m1/s1. The number of carbonyl (C=O) groups is 1. The molecule has 5 rings (SSSR count). The molecule has 0 bridgehead atoms. The lowest BCUT2D eigenvalue weighted by atomic mass is 9.98. The van der Waals surface area contributed by atoms with Gasteiger partial charge in [-0.05, 0) is 44.9 Å². The number of aromatic nitrogens is 5. The summed E-state index contributed by atoms with van der Waals surface area (Å²) in [6.45, 7) is 5.23. The van der Waals surface area contributed by atoms with Gasteiger partial charge in [0.25, 0.3) is 11.7 Å². The first-order valence-corrected chi connectivity index (χ1v) is 10.3. The van der Waals surface area contributed by atoms with E-state index in [0.717, 1.165) is 41.3 Å². The van der Waals surface area contributed by atoms with Gasteiger partial charge in [0.1, 0.15) is 0 Å². The van der Waals surface area contributed by atoms with Crippen LogP contribution in [-0.2, 0) is 0 Å². The van der Waals surface area contributed by atoms with E-state index in [9.17, 15) is 4.79 Å². The molecule has 1 aliphatic heterocycles. The van der Waals surface area contributed by atoms with Crippen LogP contribution < -0.4 is 0 Å². The summed E-state index contributed by atoms with van der Waals surface area (Å²) >= 11 is 1.73. The molecule has 0 spiro atoms. The van der Waals surface area contributed by atoms with E-state index >= 15 is 0 Å². The summed E-state index contributed by atoms with van der Waals surface area (Å²) in [6.07, 6.45) is 2.00. The van der Waals surface area contributed by atoms with Crippen molar-refractivity contribution >= 4 is 33.2 Å². The third-order valence-electron chi connectivity index (χ3n) is 5.18. The molecule has 142 valence electrons. The predicted molar refractivity (Wildman–Crippen MR) is 108 cm³/mol. The molecule has 0 unspecified atom stereocenters. The minimum atomic E-state index is -0.131. The maximum absolute atomic E-state index is 13.1. The molecule has 1 amide bonds. The number of aryl methyl sites for hydroxylation is 2. The lowest BCUT2D eigenvalue weighted by Crippen LogP contribution is -2.39. The number of fused-ring (bicyclic) bond motifs is 2. The maximum Gasteiger partial charge on any atom is 0.293 e. The van der Waals surface area contributed by atoms with Crippen LogP contribution in [0.25, 0.3) is 16.0 Å². The van der Waals surface area contributed by atoms with Gasteiger partial charge >= 0.3 is 0 Å². The molecule has 0 aliphatic carbocycles. The summed E-state index contributed by atoms with van der Waals surface area (Å²) in [7, 11) is 0. The van der Waals surface area contributed by atoms with Gasteiger partial charge in [-0.2, -0.15) is 4.98 Å². The molecular formula is C20H20N6OS. The summed E-state index contributed by atoms with van der Waals surface area (Å²) in [5.41, 5.74) is 2.82. The molecule has 1 atom stereocenters. The van der Waals surface area contributed by atoms with Crippen molar-refractivity contribution in [3.63, 3.8) is 0 Å². The SMILES string of the molecule is Cc1cc(C)n2nc(C(=O)N3CCC[C@@H](c4nc5ccccc5s4)C3)nc2n1. The number of amides is 1. The van der Waals surface area contributed by atoms with E-state index in [1.807, 2.05) is 43.0 Å². The molecule has 1 aromatic carbocycles. The number of carbonyl (C=O) groups excluding carboxylic acids is 1. The molecule has 0 radical (unpaired) electrons. The van der Waals surface area contributed by atoms with Gasteiger partial charge in [-0.3, -0.25) is 4.79 Å². The molecule has 7 nitrogen and oxygen atoms in total. The summed E-state index contributed by atoms with van der Waals surface area (Å²) in [5.74, 6) is 0.814. The summed E-state index contributed by atoms with van der Waals surface area (Å²) in [5, 5.41) is 5.51. The summed E-state index contributed by atoms with van der Waals surface area (Å²) in [6, 6.07) is 10.1. The lowest BCUT2D eigenvalue weighted by Gasteiger charge is -2.31. The number of hydrogen-bond donors (Lipinski definition) is 0. The zero-order valence-corrected chi connectivity index (χ0v) is 16.6. The van der Waals surface area contributed by atoms with Crippen molar-refractivity contribution in [1.82, 2.24) is 29.5 Å². The fourth-order valence-electron chi connectivity index (χ4n) is 3.83. The van der Waals surface area contributed by atoms with Crippen molar-refractivity contribution in [1.29, 1.82) is 0 Å². The highest BCUT2D eigenvalue weighted by Crippen LogP contribution is 2.33. The molecule has 1 fully saturated rings. The molecule has 3 aromatic heterocycles. The minimum Gasteiger partial charge on any atom is -0.335 e. The van der Waals surface area contributed by atoms with Crippen molar-refractivity contribution in [2.75, 3.05) is 13.1 Å². The van der Waals surface area contributed by atoms with Gasteiger partial charge in [0, 0.05) is 30.4 Å². The van der Waals surface area contributed by atoms with Crippen molar-refractivity contribution < 1.29 is 4.79 Å². The second-order valence-corrected chi connectivity index (χ2v) is 8.36. The monoisotopic (exact) mass is 392 g/mol. The largest absolute Gasteiger partial charge is 0.335 e. The average Bonchev–Trinajstić information content (AvgIpc) is 3.31. The number of piperidine rings is 1. The van der Waals surface area contributed by atoms with E-state index < -0.39 is 0 Å². The van der Waals surface area contributed by atoms with Crippen LogP contribution in [0.2, 0.25) is 0 Å². The van der Waals surface area contributed by atoms with Gasteiger partial charge in [0.2, 0.25) is 5.82 Å². The van der Waals surface area contributed by atoms with Crippen LogP contribution in [0.4, 0.5) is 0 Å². The average molecular weight is 392 g/mol. The smallest absolute Gasteiger partial charge is 0.293 e. The fraction of sp³-hybridized carbons (Fsp3) is 0.350. The Bertz CT molecular complexity index is 1160. The van der Waals surface area contributed by atoms with Gasteiger partial charge in [-0.1, -0.05) is 12.1 Å². The normalized spacial score (nSPS) is 17.5. The Hall–Kier alpha value is -2.87. The minimum absolute atomic E-state index is 0.131. The second-order valence-electron chi connectivity index (χ2n) is 7.30. The highest BCUT2D eigenvalue weighted by molar-refractivity contribution is 7.18. The van der Waals surface area contributed by atoms with Crippen molar-refractivity contribution in [2.24, 2.45) is 0 Å². The Morgan fingerprint density at radius 1 is 1.18 bits per heavy atom. The Kier molecular flexibility index (Phi) is 4.08. The lowest BCUT2D eigenvalue weighted by molar-refractivity contribution is 0.0695. The zero-order valence-electron chi connectivity index (χ0n) is 15.8. The van der Waals surface area contributed by atoms with Crippen LogP contribution in [0.1, 0.15) is 45.8 Å². The van der Waals surface area contributed by atoms with Gasteiger partial charge in [-0.15, -0.1) is 16.4 Å². The van der Waals surface area contributed by atoms with Crippen LogP contribution in [-0.4, -0.2) is 48.5 Å². The fourth-order valence-corrected chi connectivity index (χ4v) is 4.92. The molecule has 1 aliphatic rings. The van der Waals surface area contributed by atoms with Crippen molar-refractivity contribution in [3.05, 3.63) is 52.6 Å². The molecule has 28 heavy (non-hydrogen) atoms. The van der Waals surface area contributed by atoms with E-state index in [-0.39, 0.29) is 17.6 Å². The van der Waals surface area contributed by atoms with Gasteiger partial charge in [0.05, 0.1) is 15.2 Å². The van der Waals surface area contributed by atoms with E-state index in [1.165, 1.54) is 4.70 Å². The molecule has 8 heteroatoms. The van der Waals surface area contributed by atoms with Crippen molar-refractivity contribution in [2.45, 2.75) is 32.6 Å². The first-order chi connectivity index (χ1) is 13.6. The number of thiazole rings is 1. The molecule has 0 saturated carbocycles. The highest BCUT2D eigenvalue weighted by atomic mass is 32.1. The van der Waals surface area contributed by atoms with E-state index in [1.54, 1.807) is 15.9 Å². The Balaban J connectivity index is 1.41. The van der Waals surface area contributed by atoms with Crippen LogP contribution in [0, 0.1) is 13.8 Å². The number of benzene rings is 1. The number of nitrogens with zero attached hydrogens (tertiary/aromatic N) is 6. The van der Waals surface area contributed by atoms with Crippen LogP contribution in [0.5, 0.6) is 0 Å². The van der Waals surface area contributed by atoms with Crippen molar-refractivity contribution in [3.8, 4) is 0 Å². The predicted octanol–water partition coefficient (Wildman–Crippen LogP) is 3.37.